The molecule has 0 saturated heterocycles. The van der Waals surface area contributed by atoms with Gasteiger partial charge in [-0.05, 0) is 48.5 Å². The van der Waals surface area contributed by atoms with Crippen LogP contribution >= 0.6 is 0 Å². The van der Waals surface area contributed by atoms with Gasteiger partial charge in [0.15, 0.2) is 0 Å². The first kappa shape index (κ1) is 15.4. The number of pyridine rings is 1. The molecule has 0 saturated carbocycles. The highest BCUT2D eigenvalue weighted by molar-refractivity contribution is 6.04. The minimum atomic E-state index is -0.460. The van der Waals surface area contributed by atoms with E-state index in [0.29, 0.717) is 22.6 Å². The molecule has 0 unspecified atom stereocenters. The molecule has 1 N–H and O–H groups in total. The monoisotopic (exact) mass is 318 g/mol. The fourth-order valence-electron chi connectivity index (χ4n) is 2.05. The van der Waals surface area contributed by atoms with Crippen LogP contribution < -0.4 is 10.1 Å². The van der Waals surface area contributed by atoms with Crippen molar-refractivity contribution in [3.63, 3.8) is 0 Å². The first-order chi connectivity index (χ1) is 11.7. The van der Waals surface area contributed by atoms with Crippen LogP contribution in [0, 0.1) is 0 Å². The maximum Gasteiger partial charge on any atom is 0.343 e. The zero-order chi connectivity index (χ0) is 16.8. The number of anilines is 1. The summed E-state index contributed by atoms with van der Waals surface area (Å²) in [6.45, 7) is 0. The lowest BCUT2D eigenvalue weighted by molar-refractivity contribution is 0.0734. The Balaban J connectivity index is 1.63. The highest BCUT2D eigenvalue weighted by Gasteiger charge is 2.09. The lowest BCUT2D eigenvalue weighted by Gasteiger charge is -2.07. The quantitative estimate of drug-likeness (QED) is 0.590. The third kappa shape index (κ3) is 3.84. The minimum Gasteiger partial charge on any atom is -0.423 e. The van der Waals surface area contributed by atoms with Crippen molar-refractivity contribution in [2.75, 3.05) is 5.32 Å². The molecule has 0 radical (unpaired) electrons. The number of carbonyl (C=O) groups excluding carboxylic acids is 2. The first-order valence-corrected chi connectivity index (χ1v) is 7.31. The molecular formula is C19H14N2O3. The van der Waals surface area contributed by atoms with Crippen LogP contribution in [0.4, 0.5) is 5.69 Å². The van der Waals surface area contributed by atoms with Gasteiger partial charge in [-0.3, -0.25) is 9.78 Å². The molecule has 1 heterocycles. The summed E-state index contributed by atoms with van der Waals surface area (Å²) >= 11 is 0. The third-order valence-corrected chi connectivity index (χ3v) is 3.27. The van der Waals surface area contributed by atoms with Gasteiger partial charge in [0.2, 0.25) is 0 Å². The fraction of sp³-hybridized carbons (Fsp3) is 0. The van der Waals surface area contributed by atoms with Crippen molar-refractivity contribution in [2.45, 2.75) is 0 Å². The topological polar surface area (TPSA) is 68.3 Å². The molecule has 0 bridgehead atoms. The predicted molar refractivity (Wildman–Crippen MR) is 90.0 cm³/mol. The molecule has 0 spiro atoms. The van der Waals surface area contributed by atoms with Gasteiger partial charge in [-0.25, -0.2) is 4.79 Å². The molecule has 5 heteroatoms. The molecule has 24 heavy (non-hydrogen) atoms. The average Bonchev–Trinajstić information content (AvgIpc) is 2.65. The first-order valence-electron chi connectivity index (χ1n) is 7.31. The summed E-state index contributed by atoms with van der Waals surface area (Å²) in [7, 11) is 0. The molecule has 2 aromatic carbocycles. The van der Waals surface area contributed by atoms with Crippen molar-refractivity contribution in [2.24, 2.45) is 0 Å². The van der Waals surface area contributed by atoms with Crippen molar-refractivity contribution in [1.82, 2.24) is 4.98 Å². The molecule has 118 valence electrons. The zero-order valence-corrected chi connectivity index (χ0v) is 12.7. The molecule has 3 aromatic rings. The third-order valence-electron chi connectivity index (χ3n) is 3.27. The van der Waals surface area contributed by atoms with Gasteiger partial charge in [-0.2, -0.15) is 0 Å². The van der Waals surface area contributed by atoms with E-state index in [4.69, 9.17) is 4.74 Å². The number of esters is 1. The number of hydrogen-bond acceptors (Lipinski definition) is 4. The molecule has 1 amide bonds. The summed E-state index contributed by atoms with van der Waals surface area (Å²) in [5, 5.41) is 2.78. The molecule has 3 rings (SSSR count). The van der Waals surface area contributed by atoms with Gasteiger partial charge in [0, 0.05) is 23.6 Å². The number of rotatable bonds is 4. The number of amides is 1. The maximum absolute atomic E-state index is 12.1. The summed E-state index contributed by atoms with van der Waals surface area (Å²) in [5.74, 6) is -0.259. The number of carbonyl (C=O) groups is 2. The van der Waals surface area contributed by atoms with E-state index in [1.165, 1.54) is 12.4 Å². The van der Waals surface area contributed by atoms with Crippen LogP contribution in [0.3, 0.4) is 0 Å². The van der Waals surface area contributed by atoms with Gasteiger partial charge in [0.05, 0.1) is 5.56 Å². The van der Waals surface area contributed by atoms with E-state index in [1.54, 1.807) is 60.7 Å². The smallest absolute Gasteiger partial charge is 0.343 e. The van der Waals surface area contributed by atoms with Crippen molar-refractivity contribution < 1.29 is 14.3 Å². The van der Waals surface area contributed by atoms with E-state index in [9.17, 15) is 9.59 Å². The number of hydrogen-bond donors (Lipinski definition) is 1. The zero-order valence-electron chi connectivity index (χ0n) is 12.7. The highest BCUT2D eigenvalue weighted by Crippen LogP contribution is 2.17. The van der Waals surface area contributed by atoms with Gasteiger partial charge in [-0.1, -0.05) is 18.2 Å². The Morgan fingerprint density at radius 2 is 1.46 bits per heavy atom. The Labute approximate surface area is 138 Å². The minimum absolute atomic E-state index is 0.197. The largest absolute Gasteiger partial charge is 0.423 e. The van der Waals surface area contributed by atoms with E-state index in [1.807, 2.05) is 6.07 Å². The number of nitrogens with one attached hydrogen (secondary N) is 1. The maximum atomic E-state index is 12.1. The summed E-state index contributed by atoms with van der Waals surface area (Å²) in [5.41, 5.74) is 1.62. The van der Waals surface area contributed by atoms with Crippen LogP contribution in [0.15, 0.2) is 79.1 Å². The van der Waals surface area contributed by atoms with Crippen molar-refractivity contribution in [3.8, 4) is 5.75 Å². The van der Waals surface area contributed by atoms with E-state index in [-0.39, 0.29) is 5.91 Å². The molecule has 1 aromatic heterocycles. The van der Waals surface area contributed by atoms with Crippen molar-refractivity contribution >= 4 is 17.6 Å². The van der Waals surface area contributed by atoms with Gasteiger partial charge in [0.25, 0.3) is 5.91 Å². The van der Waals surface area contributed by atoms with Gasteiger partial charge >= 0.3 is 5.97 Å². The molecule has 0 aliphatic rings. The SMILES string of the molecule is O=C(Nc1ccc(OC(=O)c2ccncc2)cc1)c1ccccc1. The van der Waals surface area contributed by atoms with Gasteiger partial charge < -0.3 is 10.1 Å². The van der Waals surface area contributed by atoms with Crippen LogP contribution in [0.5, 0.6) is 5.75 Å². The average molecular weight is 318 g/mol. The second kappa shape index (κ2) is 7.19. The number of aromatic nitrogens is 1. The Bertz CT molecular complexity index is 759. The Morgan fingerprint density at radius 1 is 0.792 bits per heavy atom. The van der Waals surface area contributed by atoms with Gasteiger partial charge in [-0.15, -0.1) is 0 Å². The summed E-state index contributed by atoms with van der Waals surface area (Å²) in [4.78, 5) is 27.9. The molecular weight excluding hydrogens is 304 g/mol. The second-order valence-corrected chi connectivity index (χ2v) is 4.97. The molecule has 0 fully saturated rings. The number of nitrogens with zero attached hydrogens (tertiary/aromatic N) is 1. The van der Waals surface area contributed by atoms with E-state index in [2.05, 4.69) is 10.3 Å². The molecule has 0 atom stereocenters. The van der Waals surface area contributed by atoms with Crippen LogP contribution in [0.1, 0.15) is 20.7 Å². The summed E-state index contributed by atoms with van der Waals surface area (Å²) < 4.78 is 5.27. The lowest BCUT2D eigenvalue weighted by Crippen LogP contribution is -2.12. The normalized spacial score (nSPS) is 10.0. The van der Waals surface area contributed by atoms with Crippen LogP contribution in [-0.2, 0) is 0 Å². The Hall–Kier alpha value is -3.47. The lowest BCUT2D eigenvalue weighted by atomic mass is 10.2. The van der Waals surface area contributed by atoms with E-state index < -0.39 is 5.97 Å². The van der Waals surface area contributed by atoms with Crippen LogP contribution in [-0.4, -0.2) is 16.9 Å². The van der Waals surface area contributed by atoms with Crippen molar-refractivity contribution in [1.29, 1.82) is 0 Å². The number of benzene rings is 2. The highest BCUT2D eigenvalue weighted by atomic mass is 16.5. The fourth-order valence-corrected chi connectivity index (χ4v) is 2.05. The Morgan fingerprint density at radius 3 is 2.12 bits per heavy atom. The van der Waals surface area contributed by atoms with Crippen LogP contribution in [0.25, 0.3) is 0 Å². The van der Waals surface area contributed by atoms with Crippen LogP contribution in [0.2, 0.25) is 0 Å². The standard InChI is InChI=1S/C19H14N2O3/c22-18(14-4-2-1-3-5-14)21-16-6-8-17(9-7-16)24-19(23)15-10-12-20-13-11-15/h1-13H,(H,21,22). The van der Waals surface area contributed by atoms with E-state index >= 15 is 0 Å². The molecule has 5 nitrogen and oxygen atoms in total. The molecule has 0 aliphatic heterocycles. The summed E-state index contributed by atoms with van der Waals surface area (Å²) in [6, 6.07) is 18.7. The van der Waals surface area contributed by atoms with Gasteiger partial charge in [0.1, 0.15) is 5.75 Å². The summed E-state index contributed by atoms with van der Waals surface area (Å²) in [6.07, 6.45) is 3.05. The predicted octanol–water partition coefficient (Wildman–Crippen LogP) is 3.55. The molecule has 0 aliphatic carbocycles. The van der Waals surface area contributed by atoms with Crippen molar-refractivity contribution in [3.05, 3.63) is 90.3 Å². The number of ether oxygens (including phenoxy) is 1. The second-order valence-electron chi connectivity index (χ2n) is 4.97. The van der Waals surface area contributed by atoms with E-state index in [0.717, 1.165) is 0 Å². The Kier molecular flexibility index (Phi) is 4.62.